The molecule has 1 nitrogen and oxygen atoms in total. The van der Waals surface area contributed by atoms with Crippen molar-refractivity contribution in [3.8, 4) is 0 Å². The van der Waals surface area contributed by atoms with E-state index < -0.39 is 0 Å². The summed E-state index contributed by atoms with van der Waals surface area (Å²) in [5.41, 5.74) is 1.15. The summed E-state index contributed by atoms with van der Waals surface area (Å²) >= 11 is 7.23. The van der Waals surface area contributed by atoms with Crippen molar-refractivity contribution in [2.45, 2.75) is 45.4 Å². The summed E-state index contributed by atoms with van der Waals surface area (Å²) < 4.78 is 1.16. The van der Waals surface area contributed by atoms with Crippen LogP contribution < -0.4 is 0 Å². The Balaban J connectivity index is 2.15. The minimum Gasteiger partial charge on any atom is -0.275 e. The Labute approximate surface area is 123 Å². The lowest BCUT2D eigenvalue weighted by Crippen LogP contribution is -1.93. The Hall–Kier alpha value is -0.860. The van der Waals surface area contributed by atoms with Crippen molar-refractivity contribution in [1.29, 1.82) is 0 Å². The number of hydrogen-bond donors (Lipinski definition) is 0. The molecular formula is C16H19ClOS. The monoisotopic (exact) mass is 294 g/mol. The molecule has 0 amide bonds. The van der Waals surface area contributed by atoms with Gasteiger partial charge < -0.3 is 0 Å². The van der Waals surface area contributed by atoms with Gasteiger partial charge >= 0.3 is 0 Å². The Bertz CT molecular complexity index is 559. The summed E-state index contributed by atoms with van der Waals surface area (Å²) in [7, 11) is 0. The largest absolute Gasteiger partial charge is 0.275 e. The Morgan fingerprint density at radius 1 is 1.16 bits per heavy atom. The van der Waals surface area contributed by atoms with E-state index in [1.807, 2.05) is 12.1 Å². The van der Waals surface area contributed by atoms with Crippen LogP contribution in [0.1, 0.15) is 54.3 Å². The summed E-state index contributed by atoms with van der Waals surface area (Å²) in [6.07, 6.45) is 7.16. The van der Waals surface area contributed by atoms with Crippen LogP contribution >= 0.6 is 22.9 Å². The van der Waals surface area contributed by atoms with Gasteiger partial charge in [0.25, 0.3) is 5.24 Å². The zero-order chi connectivity index (χ0) is 13.7. The van der Waals surface area contributed by atoms with Crippen molar-refractivity contribution < 1.29 is 4.79 Å². The van der Waals surface area contributed by atoms with E-state index in [2.05, 4.69) is 19.1 Å². The van der Waals surface area contributed by atoms with Crippen LogP contribution in [0.4, 0.5) is 0 Å². The number of carbonyl (C=O) groups excluding carboxylic acids is 1. The molecule has 0 aliphatic heterocycles. The highest BCUT2D eigenvalue weighted by atomic mass is 35.5. The van der Waals surface area contributed by atoms with Crippen molar-refractivity contribution in [2.75, 3.05) is 0 Å². The standard InChI is InChI=1S/C16H19ClOS/c1-2-3-4-5-6-10-13-12-9-7-8-11-14(12)19-15(13)16(17)18/h7-9,11H,2-6,10H2,1H3. The quantitative estimate of drug-likeness (QED) is 0.466. The molecule has 0 unspecified atom stereocenters. The van der Waals surface area contributed by atoms with Gasteiger partial charge in [0.05, 0.1) is 4.88 Å². The molecule has 0 atom stereocenters. The lowest BCUT2D eigenvalue weighted by Gasteiger charge is -2.02. The SMILES string of the molecule is CCCCCCCc1c(C(=O)Cl)sc2ccccc12. The Morgan fingerprint density at radius 3 is 2.63 bits per heavy atom. The topological polar surface area (TPSA) is 17.1 Å². The number of hydrogen-bond acceptors (Lipinski definition) is 2. The van der Waals surface area contributed by atoms with Gasteiger partial charge in [-0.25, -0.2) is 0 Å². The van der Waals surface area contributed by atoms with Crippen LogP contribution in [0.5, 0.6) is 0 Å². The smallest absolute Gasteiger partial charge is 0.262 e. The molecule has 0 fully saturated rings. The van der Waals surface area contributed by atoms with Gasteiger partial charge in [0.1, 0.15) is 0 Å². The van der Waals surface area contributed by atoms with Crippen LogP contribution in [0, 0.1) is 0 Å². The van der Waals surface area contributed by atoms with Gasteiger partial charge in [-0.2, -0.15) is 0 Å². The molecule has 0 radical (unpaired) electrons. The molecule has 0 saturated carbocycles. The third kappa shape index (κ3) is 3.58. The van der Waals surface area contributed by atoms with Gasteiger partial charge in [0.2, 0.25) is 0 Å². The molecule has 1 heterocycles. The Morgan fingerprint density at radius 2 is 1.89 bits per heavy atom. The van der Waals surface area contributed by atoms with E-state index in [9.17, 15) is 4.79 Å². The average Bonchev–Trinajstić information content (AvgIpc) is 2.78. The molecule has 1 aromatic heterocycles. The van der Waals surface area contributed by atoms with E-state index in [1.54, 1.807) is 0 Å². The predicted octanol–water partition coefficient (Wildman–Crippen LogP) is 5.79. The minimum absolute atomic E-state index is 0.315. The van der Waals surface area contributed by atoms with Crippen LogP contribution in [-0.2, 0) is 6.42 Å². The van der Waals surface area contributed by atoms with Crippen molar-refractivity contribution in [1.82, 2.24) is 0 Å². The normalized spacial score (nSPS) is 11.1. The summed E-state index contributed by atoms with van der Waals surface area (Å²) in [5, 5.41) is 0.886. The van der Waals surface area contributed by atoms with E-state index in [4.69, 9.17) is 11.6 Å². The van der Waals surface area contributed by atoms with E-state index in [1.165, 1.54) is 42.4 Å². The summed E-state index contributed by atoms with van der Waals surface area (Å²) in [4.78, 5) is 12.3. The van der Waals surface area contributed by atoms with Gasteiger partial charge in [-0.05, 0) is 41.5 Å². The Kier molecular flexibility index (Phi) is 5.41. The highest BCUT2D eigenvalue weighted by Gasteiger charge is 2.15. The number of halogens is 1. The van der Waals surface area contributed by atoms with E-state index in [0.29, 0.717) is 0 Å². The number of fused-ring (bicyclic) bond motifs is 1. The second-order valence-electron chi connectivity index (χ2n) is 4.84. The fraction of sp³-hybridized carbons (Fsp3) is 0.438. The predicted molar refractivity (Wildman–Crippen MR) is 84.5 cm³/mol. The molecule has 0 aliphatic rings. The molecule has 3 heteroatoms. The zero-order valence-electron chi connectivity index (χ0n) is 11.2. The maximum Gasteiger partial charge on any atom is 0.262 e. The fourth-order valence-electron chi connectivity index (χ4n) is 2.41. The summed E-state index contributed by atoms with van der Waals surface area (Å²) in [5.74, 6) is 0. The molecule has 0 aliphatic carbocycles. The van der Waals surface area contributed by atoms with Crippen LogP contribution in [0.3, 0.4) is 0 Å². The van der Waals surface area contributed by atoms with Gasteiger partial charge in [0, 0.05) is 4.70 Å². The molecule has 0 bridgehead atoms. The first-order valence-corrected chi connectivity index (χ1v) is 8.13. The molecule has 2 rings (SSSR count). The molecule has 102 valence electrons. The number of aryl methyl sites for hydroxylation is 1. The molecule has 19 heavy (non-hydrogen) atoms. The number of unbranched alkanes of at least 4 members (excludes halogenated alkanes) is 4. The molecular weight excluding hydrogens is 276 g/mol. The highest BCUT2D eigenvalue weighted by Crippen LogP contribution is 2.33. The average molecular weight is 295 g/mol. The van der Waals surface area contributed by atoms with Gasteiger partial charge in [0.15, 0.2) is 0 Å². The van der Waals surface area contributed by atoms with Crippen molar-refractivity contribution in [2.24, 2.45) is 0 Å². The second kappa shape index (κ2) is 7.06. The van der Waals surface area contributed by atoms with Crippen LogP contribution in [0.2, 0.25) is 0 Å². The number of benzene rings is 1. The van der Waals surface area contributed by atoms with E-state index in [0.717, 1.165) is 28.0 Å². The summed E-state index contributed by atoms with van der Waals surface area (Å²) in [6, 6.07) is 8.19. The first-order valence-electron chi connectivity index (χ1n) is 6.94. The summed E-state index contributed by atoms with van der Waals surface area (Å²) in [6.45, 7) is 2.22. The first-order chi connectivity index (χ1) is 9.24. The molecule has 2 aromatic rings. The second-order valence-corrected chi connectivity index (χ2v) is 6.24. The van der Waals surface area contributed by atoms with Crippen molar-refractivity contribution in [3.63, 3.8) is 0 Å². The van der Waals surface area contributed by atoms with E-state index in [-0.39, 0.29) is 5.24 Å². The zero-order valence-corrected chi connectivity index (χ0v) is 12.8. The molecule has 0 spiro atoms. The van der Waals surface area contributed by atoms with Crippen LogP contribution in [0.25, 0.3) is 10.1 Å². The van der Waals surface area contributed by atoms with Gasteiger partial charge in [-0.3, -0.25) is 4.79 Å². The first kappa shape index (κ1) is 14.5. The maximum absolute atomic E-state index is 11.5. The maximum atomic E-state index is 11.5. The van der Waals surface area contributed by atoms with Crippen LogP contribution in [-0.4, -0.2) is 5.24 Å². The minimum atomic E-state index is -0.315. The third-order valence-electron chi connectivity index (χ3n) is 3.41. The molecule has 0 saturated heterocycles. The van der Waals surface area contributed by atoms with Crippen LogP contribution in [0.15, 0.2) is 24.3 Å². The molecule has 0 N–H and O–H groups in total. The number of carbonyl (C=O) groups is 1. The molecule has 1 aromatic carbocycles. The third-order valence-corrected chi connectivity index (χ3v) is 4.92. The lowest BCUT2D eigenvalue weighted by atomic mass is 10.0. The highest BCUT2D eigenvalue weighted by molar-refractivity contribution is 7.22. The number of rotatable bonds is 7. The van der Waals surface area contributed by atoms with E-state index >= 15 is 0 Å². The van der Waals surface area contributed by atoms with Gasteiger partial charge in [-0.15, -0.1) is 11.3 Å². The van der Waals surface area contributed by atoms with Gasteiger partial charge in [-0.1, -0.05) is 50.8 Å². The van der Waals surface area contributed by atoms with Crippen molar-refractivity contribution in [3.05, 3.63) is 34.7 Å². The lowest BCUT2D eigenvalue weighted by molar-refractivity contribution is 0.108. The fourth-order valence-corrected chi connectivity index (χ4v) is 3.72. The number of thiophene rings is 1. The van der Waals surface area contributed by atoms with Crippen molar-refractivity contribution >= 4 is 38.3 Å².